The molecule has 0 radical (unpaired) electrons. The SMILES string of the molecule is CCNC(=O)C(C)Oc1ccc2cc(-c3ccnn3C)ccc2c1. The highest BCUT2D eigenvalue weighted by Crippen LogP contribution is 2.27. The summed E-state index contributed by atoms with van der Waals surface area (Å²) in [6.07, 6.45) is 1.27. The molecule has 0 fully saturated rings. The number of benzene rings is 2. The number of carbonyl (C=O) groups excluding carboxylic acids is 1. The van der Waals surface area contributed by atoms with Crippen molar-refractivity contribution in [3.63, 3.8) is 0 Å². The highest BCUT2D eigenvalue weighted by Gasteiger charge is 2.13. The lowest BCUT2D eigenvalue weighted by molar-refractivity contribution is -0.127. The lowest BCUT2D eigenvalue weighted by Gasteiger charge is -2.14. The summed E-state index contributed by atoms with van der Waals surface area (Å²) >= 11 is 0. The molecule has 2 aromatic carbocycles. The van der Waals surface area contributed by atoms with E-state index in [1.807, 2.05) is 42.9 Å². The second-order valence-electron chi connectivity index (χ2n) is 5.72. The minimum Gasteiger partial charge on any atom is -0.481 e. The number of hydrogen-bond acceptors (Lipinski definition) is 3. The Bertz CT molecular complexity index is 870. The summed E-state index contributed by atoms with van der Waals surface area (Å²) in [6, 6.07) is 14.1. The fourth-order valence-corrected chi connectivity index (χ4v) is 2.69. The van der Waals surface area contributed by atoms with Crippen LogP contribution in [0.4, 0.5) is 0 Å². The zero-order chi connectivity index (χ0) is 17.1. The monoisotopic (exact) mass is 323 g/mol. The van der Waals surface area contributed by atoms with E-state index < -0.39 is 6.10 Å². The first kappa shape index (κ1) is 16.1. The van der Waals surface area contributed by atoms with E-state index in [-0.39, 0.29) is 5.91 Å². The average Bonchev–Trinajstić information content (AvgIpc) is 3.00. The van der Waals surface area contributed by atoms with Gasteiger partial charge in [-0.3, -0.25) is 9.48 Å². The standard InChI is InChI=1S/C19H21N3O2/c1-4-20-19(23)13(2)24-17-8-7-14-11-16(6-5-15(14)12-17)18-9-10-21-22(18)3/h5-13H,4H2,1-3H3,(H,20,23). The second-order valence-corrected chi connectivity index (χ2v) is 5.72. The van der Waals surface area contributed by atoms with E-state index in [9.17, 15) is 4.79 Å². The molecular formula is C19H21N3O2. The van der Waals surface area contributed by atoms with Gasteiger partial charge in [0.2, 0.25) is 0 Å². The number of amides is 1. The predicted octanol–water partition coefficient (Wildman–Crippen LogP) is 3.14. The molecule has 5 nitrogen and oxygen atoms in total. The third-order valence-corrected chi connectivity index (χ3v) is 3.96. The molecule has 1 atom stereocenters. The third-order valence-electron chi connectivity index (χ3n) is 3.96. The van der Waals surface area contributed by atoms with Crippen molar-refractivity contribution in [2.75, 3.05) is 6.54 Å². The number of hydrogen-bond donors (Lipinski definition) is 1. The molecule has 0 aliphatic heterocycles. The quantitative estimate of drug-likeness (QED) is 0.785. The van der Waals surface area contributed by atoms with Crippen molar-refractivity contribution < 1.29 is 9.53 Å². The Kier molecular flexibility index (Phi) is 4.51. The van der Waals surface area contributed by atoms with Gasteiger partial charge in [-0.1, -0.05) is 18.2 Å². The van der Waals surface area contributed by atoms with Gasteiger partial charge in [-0.2, -0.15) is 5.10 Å². The summed E-state index contributed by atoms with van der Waals surface area (Å²) in [6.45, 7) is 4.24. The largest absolute Gasteiger partial charge is 0.481 e. The molecule has 0 spiro atoms. The van der Waals surface area contributed by atoms with Gasteiger partial charge in [0, 0.05) is 25.4 Å². The van der Waals surface area contributed by atoms with E-state index in [4.69, 9.17) is 4.74 Å². The van der Waals surface area contributed by atoms with Gasteiger partial charge in [-0.15, -0.1) is 0 Å². The van der Waals surface area contributed by atoms with E-state index in [1.165, 1.54) is 0 Å². The minimum atomic E-state index is -0.517. The number of rotatable bonds is 5. The van der Waals surface area contributed by atoms with E-state index in [0.717, 1.165) is 22.0 Å². The summed E-state index contributed by atoms with van der Waals surface area (Å²) in [4.78, 5) is 11.8. The van der Waals surface area contributed by atoms with Crippen molar-refractivity contribution in [2.45, 2.75) is 20.0 Å². The normalized spacial score (nSPS) is 12.1. The Morgan fingerprint density at radius 2 is 1.96 bits per heavy atom. The Hall–Kier alpha value is -2.82. The van der Waals surface area contributed by atoms with Gasteiger partial charge in [0.25, 0.3) is 5.91 Å². The van der Waals surface area contributed by atoms with Crippen LogP contribution < -0.4 is 10.1 Å². The molecule has 0 bridgehead atoms. The zero-order valence-corrected chi connectivity index (χ0v) is 14.1. The highest BCUT2D eigenvalue weighted by atomic mass is 16.5. The molecule has 3 aromatic rings. The topological polar surface area (TPSA) is 56.1 Å². The number of fused-ring (bicyclic) bond motifs is 1. The van der Waals surface area contributed by atoms with Crippen molar-refractivity contribution in [1.29, 1.82) is 0 Å². The van der Waals surface area contributed by atoms with E-state index >= 15 is 0 Å². The lowest BCUT2D eigenvalue weighted by Crippen LogP contribution is -2.36. The number of nitrogens with one attached hydrogen (secondary N) is 1. The molecule has 24 heavy (non-hydrogen) atoms. The van der Waals surface area contributed by atoms with Crippen LogP contribution in [0, 0.1) is 0 Å². The van der Waals surface area contributed by atoms with Crippen LogP contribution in [0.15, 0.2) is 48.7 Å². The van der Waals surface area contributed by atoms with Crippen LogP contribution in [0.5, 0.6) is 5.75 Å². The summed E-state index contributed by atoms with van der Waals surface area (Å²) < 4.78 is 7.59. The first-order valence-corrected chi connectivity index (χ1v) is 8.05. The number of aryl methyl sites for hydroxylation is 1. The van der Waals surface area contributed by atoms with Crippen LogP contribution in [0.3, 0.4) is 0 Å². The maximum Gasteiger partial charge on any atom is 0.260 e. The maximum absolute atomic E-state index is 11.8. The maximum atomic E-state index is 11.8. The van der Waals surface area contributed by atoms with Crippen LogP contribution in [-0.4, -0.2) is 28.3 Å². The smallest absolute Gasteiger partial charge is 0.260 e. The molecule has 0 saturated heterocycles. The molecule has 0 aliphatic rings. The number of likely N-dealkylation sites (N-methyl/N-ethyl adjacent to an activating group) is 1. The first-order valence-electron chi connectivity index (χ1n) is 8.05. The van der Waals surface area contributed by atoms with Crippen molar-refractivity contribution in [1.82, 2.24) is 15.1 Å². The zero-order valence-electron chi connectivity index (χ0n) is 14.1. The molecule has 1 unspecified atom stereocenters. The van der Waals surface area contributed by atoms with Gasteiger partial charge in [-0.25, -0.2) is 0 Å². The highest BCUT2D eigenvalue weighted by molar-refractivity contribution is 5.88. The molecule has 1 N–H and O–H groups in total. The van der Waals surface area contributed by atoms with E-state index in [0.29, 0.717) is 12.3 Å². The van der Waals surface area contributed by atoms with Crippen molar-refractivity contribution in [2.24, 2.45) is 7.05 Å². The van der Waals surface area contributed by atoms with Crippen LogP contribution in [0.2, 0.25) is 0 Å². The Balaban J connectivity index is 1.85. The Morgan fingerprint density at radius 1 is 1.21 bits per heavy atom. The number of carbonyl (C=O) groups is 1. The fourth-order valence-electron chi connectivity index (χ4n) is 2.69. The van der Waals surface area contributed by atoms with Crippen molar-refractivity contribution in [3.8, 4) is 17.0 Å². The van der Waals surface area contributed by atoms with Gasteiger partial charge in [0.15, 0.2) is 6.10 Å². The number of aromatic nitrogens is 2. The van der Waals surface area contributed by atoms with Crippen molar-refractivity contribution in [3.05, 3.63) is 48.7 Å². The fraction of sp³-hybridized carbons (Fsp3) is 0.263. The molecule has 5 heteroatoms. The van der Waals surface area contributed by atoms with Crippen LogP contribution in [0.25, 0.3) is 22.0 Å². The second kappa shape index (κ2) is 6.74. The minimum absolute atomic E-state index is 0.107. The van der Waals surface area contributed by atoms with Crippen LogP contribution in [-0.2, 0) is 11.8 Å². The van der Waals surface area contributed by atoms with Crippen molar-refractivity contribution >= 4 is 16.7 Å². The molecular weight excluding hydrogens is 302 g/mol. The van der Waals surface area contributed by atoms with Gasteiger partial charge in [0.05, 0.1) is 5.69 Å². The summed E-state index contributed by atoms with van der Waals surface area (Å²) in [5, 5.41) is 9.16. The molecule has 1 heterocycles. The molecule has 0 aliphatic carbocycles. The first-order chi connectivity index (χ1) is 11.6. The van der Waals surface area contributed by atoms with E-state index in [2.05, 4.69) is 28.6 Å². The molecule has 1 aromatic heterocycles. The van der Waals surface area contributed by atoms with Crippen LogP contribution in [0.1, 0.15) is 13.8 Å². The number of nitrogens with zero attached hydrogens (tertiary/aromatic N) is 2. The lowest BCUT2D eigenvalue weighted by atomic mass is 10.0. The van der Waals surface area contributed by atoms with Gasteiger partial charge in [-0.05, 0) is 48.9 Å². The summed E-state index contributed by atoms with van der Waals surface area (Å²) in [5.41, 5.74) is 2.19. The van der Waals surface area contributed by atoms with Gasteiger partial charge < -0.3 is 10.1 Å². The van der Waals surface area contributed by atoms with Crippen LogP contribution >= 0.6 is 0 Å². The Labute approximate surface area is 141 Å². The van der Waals surface area contributed by atoms with Gasteiger partial charge in [0.1, 0.15) is 5.75 Å². The molecule has 1 amide bonds. The third kappa shape index (κ3) is 3.25. The Morgan fingerprint density at radius 3 is 2.67 bits per heavy atom. The average molecular weight is 323 g/mol. The summed E-state index contributed by atoms with van der Waals surface area (Å²) in [5.74, 6) is 0.582. The van der Waals surface area contributed by atoms with Gasteiger partial charge >= 0.3 is 0 Å². The van der Waals surface area contributed by atoms with E-state index in [1.54, 1.807) is 13.1 Å². The summed E-state index contributed by atoms with van der Waals surface area (Å²) in [7, 11) is 1.93. The molecule has 124 valence electrons. The number of ether oxygens (including phenoxy) is 1. The molecule has 0 saturated carbocycles. The molecule has 3 rings (SSSR count). The predicted molar refractivity (Wildman–Crippen MR) is 94.9 cm³/mol.